The lowest BCUT2D eigenvalue weighted by Crippen LogP contribution is -2.60. The molecule has 0 bridgehead atoms. The topological polar surface area (TPSA) is 99.2 Å². The van der Waals surface area contributed by atoms with Crippen molar-refractivity contribution in [1.82, 2.24) is 4.90 Å². The molecule has 1 aromatic carbocycles. The van der Waals surface area contributed by atoms with E-state index in [1.165, 1.54) is 41.5 Å². The first-order valence-corrected chi connectivity index (χ1v) is 13.1. The van der Waals surface area contributed by atoms with Gasteiger partial charge in [-0.25, -0.2) is 4.79 Å². The van der Waals surface area contributed by atoms with Crippen LogP contribution in [0.3, 0.4) is 0 Å². The fraction of sp³-hybridized carbons (Fsp3) is 0.630. The number of alkyl halides is 14. The highest BCUT2D eigenvalue weighted by molar-refractivity contribution is 5.85. The van der Waals surface area contributed by atoms with Crippen LogP contribution in [0.2, 0.25) is 0 Å². The zero-order valence-electron chi connectivity index (χ0n) is 26.1. The van der Waals surface area contributed by atoms with E-state index in [0.717, 1.165) is 0 Å². The molecule has 0 fully saturated rings. The van der Waals surface area contributed by atoms with Crippen molar-refractivity contribution in [2.45, 2.75) is 83.7 Å². The van der Waals surface area contributed by atoms with Crippen molar-refractivity contribution in [3.8, 4) is 11.5 Å². The molecule has 1 amide bonds. The fourth-order valence-corrected chi connectivity index (χ4v) is 3.00. The lowest BCUT2D eigenvalue weighted by Gasteiger charge is -2.33. The molecule has 1 aromatic rings. The van der Waals surface area contributed by atoms with Gasteiger partial charge in [0.2, 0.25) is 0 Å². The summed E-state index contributed by atoms with van der Waals surface area (Å²) in [6.45, 7) is 5.81. The van der Waals surface area contributed by atoms with Gasteiger partial charge in [0, 0.05) is 7.05 Å². The zero-order chi connectivity index (χ0) is 39.1. The Morgan fingerprint density at radius 2 is 1.00 bits per heavy atom. The lowest BCUT2D eigenvalue weighted by atomic mass is 9.97. The highest BCUT2D eigenvalue weighted by atomic mass is 19.4. The third kappa shape index (κ3) is 9.03. The first-order valence-electron chi connectivity index (χ1n) is 13.1. The van der Waals surface area contributed by atoms with Crippen LogP contribution < -0.4 is 9.47 Å². The Hall–Kier alpha value is -3.88. The van der Waals surface area contributed by atoms with Crippen LogP contribution in [-0.2, 0) is 23.9 Å². The third-order valence-electron chi connectivity index (χ3n) is 6.03. The van der Waals surface area contributed by atoms with Crippen molar-refractivity contribution in [2.24, 2.45) is 10.8 Å². The fourth-order valence-electron chi connectivity index (χ4n) is 3.00. The summed E-state index contributed by atoms with van der Waals surface area (Å²) in [5, 5.41) is 0. The molecule has 0 aromatic heterocycles. The Morgan fingerprint density at radius 1 is 0.612 bits per heavy atom. The van der Waals surface area contributed by atoms with Crippen LogP contribution in [-0.4, -0.2) is 78.4 Å². The van der Waals surface area contributed by atoms with E-state index in [9.17, 15) is 80.6 Å². The Bertz CT molecular complexity index is 1420. The smallest absolute Gasteiger partial charge is 0.451 e. The molecule has 0 aliphatic carbocycles. The van der Waals surface area contributed by atoms with E-state index in [4.69, 9.17) is 9.47 Å². The van der Waals surface area contributed by atoms with E-state index in [1.54, 1.807) is 0 Å². The number of hydrogen-bond acceptors (Lipinski definition) is 7. The number of likely N-dealkylation sites (N-methyl/N-ethyl adjacent to an activating group) is 1. The van der Waals surface area contributed by atoms with Crippen molar-refractivity contribution in [2.75, 3.05) is 13.6 Å². The van der Waals surface area contributed by atoms with Gasteiger partial charge in [-0.3, -0.25) is 14.4 Å². The SMILES string of the molecule is CN(CC(OC(=O)C(F)(F)C(F)(F)C(F)(F)F)c1ccc(OC(=O)C(C)(C)C)c(OC(=O)C(C)(C)C)c1)C(=O)C(F)(F)C(F)(F)C(F)(F)F. The first kappa shape index (κ1) is 43.1. The van der Waals surface area contributed by atoms with Gasteiger partial charge in [-0.05, 0) is 59.2 Å². The van der Waals surface area contributed by atoms with Gasteiger partial charge in [-0.1, -0.05) is 6.07 Å². The molecule has 0 aliphatic rings. The molecule has 1 atom stereocenters. The van der Waals surface area contributed by atoms with Crippen LogP contribution in [0.25, 0.3) is 0 Å². The summed E-state index contributed by atoms with van der Waals surface area (Å²) in [4.78, 5) is 48.4. The van der Waals surface area contributed by atoms with Crippen molar-refractivity contribution in [1.29, 1.82) is 0 Å². The molecular weight excluding hydrogens is 716 g/mol. The first-order chi connectivity index (χ1) is 21.4. The second-order valence-corrected chi connectivity index (χ2v) is 12.4. The number of nitrogens with zero attached hydrogens (tertiary/aromatic N) is 1. The minimum atomic E-state index is -7.16. The standard InChI is InChI=1S/C27H27F14NO7/c1-20(2,3)17(44)47-13-9-8-12(10-14(13)48-18(45)21(4,5)6)15(49-19(46)23(30,31)25(34,35)27(39,40)41)11-42(7)16(43)22(28,29)24(32,33)26(36,37)38/h8-10,15H,11H2,1-7H3. The maximum Gasteiger partial charge on any atom is 0.460 e. The maximum atomic E-state index is 14.1. The van der Waals surface area contributed by atoms with Gasteiger partial charge in [0.25, 0.3) is 5.91 Å². The molecule has 8 nitrogen and oxygen atoms in total. The highest BCUT2D eigenvalue weighted by Gasteiger charge is 2.78. The summed E-state index contributed by atoms with van der Waals surface area (Å²) in [5.41, 5.74) is -3.69. The monoisotopic (exact) mass is 743 g/mol. The highest BCUT2D eigenvalue weighted by Crippen LogP contribution is 2.49. The van der Waals surface area contributed by atoms with Crippen molar-refractivity contribution >= 4 is 23.8 Å². The van der Waals surface area contributed by atoms with Crippen LogP contribution in [0.1, 0.15) is 53.2 Å². The van der Waals surface area contributed by atoms with E-state index >= 15 is 0 Å². The van der Waals surface area contributed by atoms with Gasteiger partial charge in [-0.15, -0.1) is 0 Å². The van der Waals surface area contributed by atoms with E-state index < -0.39 is 105 Å². The summed E-state index contributed by atoms with van der Waals surface area (Å²) < 4.78 is 201. The third-order valence-corrected chi connectivity index (χ3v) is 6.03. The maximum absolute atomic E-state index is 14.1. The Labute approximate surface area is 267 Å². The van der Waals surface area contributed by atoms with E-state index in [1.807, 2.05) is 0 Å². The van der Waals surface area contributed by atoms with Crippen molar-refractivity contribution in [3.63, 3.8) is 0 Å². The molecular formula is C27H27F14NO7. The summed E-state index contributed by atoms with van der Waals surface area (Å²) in [5.74, 6) is -38.7. The molecule has 0 heterocycles. The largest absolute Gasteiger partial charge is 0.460 e. The van der Waals surface area contributed by atoms with E-state index in [2.05, 4.69) is 4.74 Å². The van der Waals surface area contributed by atoms with Crippen LogP contribution in [0.4, 0.5) is 61.5 Å². The van der Waals surface area contributed by atoms with Gasteiger partial charge < -0.3 is 19.1 Å². The average Bonchev–Trinajstić information content (AvgIpc) is 2.90. The molecule has 0 saturated heterocycles. The lowest BCUT2D eigenvalue weighted by molar-refractivity contribution is -0.349. The number of hydrogen-bond donors (Lipinski definition) is 0. The molecule has 0 N–H and O–H groups in total. The summed E-state index contributed by atoms with van der Waals surface area (Å²) in [6, 6.07) is 1.52. The van der Waals surface area contributed by atoms with Gasteiger partial charge >= 0.3 is 54.0 Å². The molecule has 22 heteroatoms. The van der Waals surface area contributed by atoms with Crippen LogP contribution in [0.5, 0.6) is 11.5 Å². The quantitative estimate of drug-likeness (QED) is 0.141. The molecule has 0 saturated carbocycles. The predicted octanol–water partition coefficient (Wildman–Crippen LogP) is 7.30. The summed E-state index contributed by atoms with van der Waals surface area (Å²) in [6.07, 6.45) is -17.2. The molecule has 1 unspecified atom stereocenters. The zero-order valence-corrected chi connectivity index (χ0v) is 26.1. The number of benzene rings is 1. The average molecular weight is 743 g/mol. The molecule has 1 rings (SSSR count). The van der Waals surface area contributed by atoms with Crippen LogP contribution >= 0.6 is 0 Å². The van der Waals surface area contributed by atoms with Gasteiger partial charge in [0.05, 0.1) is 17.4 Å². The second-order valence-electron chi connectivity index (χ2n) is 12.4. The minimum absolute atomic E-state index is 0.0199. The van der Waals surface area contributed by atoms with Gasteiger partial charge in [-0.2, -0.15) is 61.5 Å². The second kappa shape index (κ2) is 13.4. The Balaban J connectivity index is 3.91. The molecule has 0 spiro atoms. The molecule has 0 aliphatic heterocycles. The molecule has 280 valence electrons. The van der Waals surface area contributed by atoms with Gasteiger partial charge in [0.1, 0.15) is 6.10 Å². The van der Waals surface area contributed by atoms with Crippen molar-refractivity contribution in [3.05, 3.63) is 23.8 Å². The summed E-state index contributed by atoms with van der Waals surface area (Å²) in [7, 11) is 0.0199. The number of halogens is 14. The van der Waals surface area contributed by atoms with Crippen LogP contribution in [0, 0.1) is 10.8 Å². The minimum Gasteiger partial charge on any atom is -0.451 e. The van der Waals surface area contributed by atoms with Crippen LogP contribution in [0.15, 0.2) is 18.2 Å². The number of carbonyl (C=O) groups is 4. The van der Waals surface area contributed by atoms with Gasteiger partial charge in [0.15, 0.2) is 11.5 Å². The van der Waals surface area contributed by atoms with E-state index in [0.29, 0.717) is 18.2 Å². The molecule has 0 radical (unpaired) electrons. The predicted molar refractivity (Wildman–Crippen MR) is 135 cm³/mol. The Morgan fingerprint density at radius 3 is 1.39 bits per heavy atom. The number of esters is 3. The number of amides is 1. The molecule has 49 heavy (non-hydrogen) atoms. The Kier molecular flexibility index (Phi) is 11.8. The number of ether oxygens (including phenoxy) is 3. The normalized spacial score (nSPS) is 14.6. The summed E-state index contributed by atoms with van der Waals surface area (Å²) >= 11 is 0. The van der Waals surface area contributed by atoms with E-state index in [-0.39, 0.29) is 7.05 Å². The van der Waals surface area contributed by atoms with Crippen molar-refractivity contribution < 1.29 is 94.9 Å². The number of carbonyl (C=O) groups excluding carboxylic acids is 4. The number of rotatable bonds is 10.